The lowest BCUT2D eigenvalue weighted by Gasteiger charge is -2.32. The van der Waals surface area contributed by atoms with Crippen molar-refractivity contribution in [1.82, 2.24) is 19.9 Å². The zero-order valence-electron chi connectivity index (χ0n) is 17.5. The van der Waals surface area contributed by atoms with E-state index in [1.54, 1.807) is 0 Å². The normalized spacial score (nSPS) is 14.6. The Hall–Kier alpha value is -4.00. The quantitative estimate of drug-likeness (QED) is 0.519. The van der Waals surface area contributed by atoms with Gasteiger partial charge in [-0.15, -0.1) is 0 Å². The highest BCUT2D eigenvalue weighted by Gasteiger charge is 2.28. The molecule has 1 aliphatic heterocycles. The summed E-state index contributed by atoms with van der Waals surface area (Å²) < 4.78 is 0. The molecule has 7 heteroatoms. The van der Waals surface area contributed by atoms with Crippen molar-refractivity contribution in [2.75, 3.05) is 13.1 Å². The summed E-state index contributed by atoms with van der Waals surface area (Å²) in [5, 5.41) is 0. The number of piperidine rings is 1. The fraction of sp³-hybridized carbons (Fsp3) is 0.200. The average Bonchev–Trinajstić information content (AvgIpc) is 3.28. The minimum Gasteiger partial charge on any atom is -0.364 e. The van der Waals surface area contributed by atoms with Crippen molar-refractivity contribution in [2.45, 2.75) is 18.8 Å². The number of aromatic amines is 1. The summed E-state index contributed by atoms with van der Waals surface area (Å²) in [6.45, 7) is 1.34. The van der Waals surface area contributed by atoms with Crippen LogP contribution in [0, 0.1) is 0 Å². The standard InChI is InChI=1S/C25H23N5O2/c26-23(31)22-21-20(28-24(29-22)17-7-3-1-4-8-17)19(15-27-21)16-11-13-30(14-12-16)25(32)18-9-5-2-6-10-18/h1-10,15-16,27H,11-14H2,(H2,26,31). The van der Waals surface area contributed by atoms with Gasteiger partial charge >= 0.3 is 0 Å². The molecule has 3 heterocycles. The Morgan fingerprint density at radius 3 is 2.25 bits per heavy atom. The van der Waals surface area contributed by atoms with E-state index in [-0.39, 0.29) is 17.5 Å². The van der Waals surface area contributed by atoms with E-state index < -0.39 is 5.91 Å². The van der Waals surface area contributed by atoms with Gasteiger partial charge in [0.25, 0.3) is 11.8 Å². The van der Waals surface area contributed by atoms with Crippen LogP contribution in [-0.4, -0.2) is 44.8 Å². The highest BCUT2D eigenvalue weighted by Crippen LogP contribution is 2.34. The zero-order valence-corrected chi connectivity index (χ0v) is 17.5. The molecule has 1 aliphatic rings. The molecule has 0 saturated carbocycles. The maximum Gasteiger partial charge on any atom is 0.269 e. The number of nitrogens with one attached hydrogen (secondary N) is 1. The Kier molecular flexibility index (Phi) is 5.15. The lowest BCUT2D eigenvalue weighted by Crippen LogP contribution is -2.37. The molecule has 0 bridgehead atoms. The maximum atomic E-state index is 12.8. The summed E-state index contributed by atoms with van der Waals surface area (Å²) in [6, 6.07) is 18.9. The first-order chi connectivity index (χ1) is 15.6. The van der Waals surface area contributed by atoms with Gasteiger partial charge in [0.15, 0.2) is 11.5 Å². The van der Waals surface area contributed by atoms with Crippen LogP contribution in [0.2, 0.25) is 0 Å². The van der Waals surface area contributed by atoms with Crippen molar-refractivity contribution in [3.8, 4) is 11.4 Å². The predicted octanol–water partition coefficient (Wildman–Crippen LogP) is 3.74. The van der Waals surface area contributed by atoms with E-state index in [0.29, 0.717) is 30.0 Å². The van der Waals surface area contributed by atoms with Gasteiger partial charge in [-0.3, -0.25) is 9.59 Å². The van der Waals surface area contributed by atoms with Crippen LogP contribution in [0.15, 0.2) is 66.9 Å². The van der Waals surface area contributed by atoms with Gasteiger partial charge in [-0.1, -0.05) is 48.5 Å². The molecule has 1 saturated heterocycles. The van der Waals surface area contributed by atoms with E-state index in [4.69, 9.17) is 10.7 Å². The van der Waals surface area contributed by atoms with Crippen LogP contribution in [0.25, 0.3) is 22.4 Å². The van der Waals surface area contributed by atoms with Gasteiger partial charge in [-0.25, -0.2) is 9.97 Å². The Morgan fingerprint density at radius 2 is 1.59 bits per heavy atom. The van der Waals surface area contributed by atoms with Gasteiger partial charge in [0.1, 0.15) is 0 Å². The molecule has 4 aromatic rings. The number of carbonyl (C=O) groups is 2. The second-order valence-corrected chi connectivity index (χ2v) is 8.03. The van der Waals surface area contributed by atoms with Crippen LogP contribution in [0.4, 0.5) is 0 Å². The number of hydrogen-bond donors (Lipinski definition) is 2. The number of fused-ring (bicyclic) bond motifs is 1. The number of benzene rings is 2. The minimum absolute atomic E-state index is 0.0627. The molecule has 5 rings (SSSR count). The molecule has 7 nitrogen and oxygen atoms in total. The van der Waals surface area contributed by atoms with Crippen molar-refractivity contribution in [3.63, 3.8) is 0 Å². The van der Waals surface area contributed by atoms with Gasteiger partial charge in [-0.05, 0) is 36.5 Å². The highest BCUT2D eigenvalue weighted by atomic mass is 16.2. The van der Waals surface area contributed by atoms with E-state index >= 15 is 0 Å². The molecule has 32 heavy (non-hydrogen) atoms. The van der Waals surface area contributed by atoms with E-state index in [9.17, 15) is 9.59 Å². The number of likely N-dealkylation sites (tertiary alicyclic amines) is 1. The molecule has 0 spiro atoms. The average molecular weight is 425 g/mol. The van der Waals surface area contributed by atoms with Crippen LogP contribution in [0.1, 0.15) is 45.2 Å². The van der Waals surface area contributed by atoms with Gasteiger partial charge in [0, 0.05) is 30.4 Å². The lowest BCUT2D eigenvalue weighted by atomic mass is 9.90. The number of nitrogens with zero attached hydrogens (tertiary/aromatic N) is 3. The number of primary amides is 1. The first-order valence-electron chi connectivity index (χ1n) is 10.7. The molecular formula is C25H23N5O2. The first-order valence-corrected chi connectivity index (χ1v) is 10.7. The number of amides is 2. The monoisotopic (exact) mass is 425 g/mol. The SMILES string of the molecule is NC(=O)c1nc(-c2ccccc2)nc2c(C3CCN(C(=O)c4ccccc4)CC3)c[nH]c12. The Balaban J connectivity index is 1.44. The lowest BCUT2D eigenvalue weighted by molar-refractivity contribution is 0.0713. The third kappa shape index (κ3) is 3.62. The molecule has 0 unspecified atom stereocenters. The van der Waals surface area contributed by atoms with Crippen LogP contribution in [0.5, 0.6) is 0 Å². The summed E-state index contributed by atoms with van der Waals surface area (Å²) in [5.41, 5.74) is 9.68. The van der Waals surface area contributed by atoms with Crippen LogP contribution < -0.4 is 5.73 Å². The van der Waals surface area contributed by atoms with Crippen molar-refractivity contribution in [2.24, 2.45) is 5.73 Å². The molecule has 0 atom stereocenters. The van der Waals surface area contributed by atoms with Gasteiger partial charge < -0.3 is 15.6 Å². The summed E-state index contributed by atoms with van der Waals surface area (Å²) in [7, 11) is 0. The van der Waals surface area contributed by atoms with Gasteiger partial charge in [0.2, 0.25) is 0 Å². The Morgan fingerprint density at radius 1 is 0.938 bits per heavy atom. The third-order valence-corrected chi connectivity index (χ3v) is 6.06. The summed E-state index contributed by atoms with van der Waals surface area (Å²) in [5.74, 6) is 0.172. The van der Waals surface area contributed by atoms with E-state index in [2.05, 4.69) is 9.97 Å². The second kappa shape index (κ2) is 8.26. The topological polar surface area (TPSA) is 105 Å². The Bertz CT molecular complexity index is 1280. The van der Waals surface area contributed by atoms with Crippen molar-refractivity contribution in [3.05, 3.63) is 83.7 Å². The fourth-order valence-corrected chi connectivity index (χ4v) is 4.39. The number of aromatic nitrogens is 3. The molecule has 2 aromatic carbocycles. The second-order valence-electron chi connectivity index (χ2n) is 8.03. The summed E-state index contributed by atoms with van der Waals surface area (Å²) in [6.07, 6.45) is 3.55. The molecule has 0 aliphatic carbocycles. The van der Waals surface area contributed by atoms with E-state index in [1.165, 1.54) is 0 Å². The van der Waals surface area contributed by atoms with E-state index in [1.807, 2.05) is 71.8 Å². The van der Waals surface area contributed by atoms with Crippen LogP contribution in [-0.2, 0) is 0 Å². The summed E-state index contributed by atoms with van der Waals surface area (Å²) in [4.78, 5) is 39.2. The van der Waals surface area contributed by atoms with Crippen molar-refractivity contribution >= 4 is 22.8 Å². The third-order valence-electron chi connectivity index (χ3n) is 6.06. The van der Waals surface area contributed by atoms with Crippen molar-refractivity contribution in [1.29, 1.82) is 0 Å². The molecule has 2 amide bonds. The molecule has 3 N–H and O–H groups in total. The Labute approximate surface area is 185 Å². The smallest absolute Gasteiger partial charge is 0.269 e. The zero-order chi connectivity index (χ0) is 22.1. The number of H-pyrrole nitrogens is 1. The van der Waals surface area contributed by atoms with E-state index in [0.717, 1.165) is 29.5 Å². The number of nitrogens with two attached hydrogens (primary N) is 1. The van der Waals surface area contributed by atoms with Gasteiger partial charge in [0.05, 0.1) is 11.0 Å². The predicted molar refractivity (Wildman–Crippen MR) is 122 cm³/mol. The number of carbonyl (C=O) groups excluding carboxylic acids is 2. The number of rotatable bonds is 4. The molecule has 0 radical (unpaired) electrons. The van der Waals surface area contributed by atoms with Crippen LogP contribution in [0.3, 0.4) is 0 Å². The van der Waals surface area contributed by atoms with Gasteiger partial charge in [-0.2, -0.15) is 0 Å². The molecular weight excluding hydrogens is 402 g/mol. The maximum absolute atomic E-state index is 12.8. The first kappa shape index (κ1) is 19.9. The molecule has 2 aromatic heterocycles. The fourth-order valence-electron chi connectivity index (χ4n) is 4.39. The summed E-state index contributed by atoms with van der Waals surface area (Å²) >= 11 is 0. The van der Waals surface area contributed by atoms with Crippen LogP contribution >= 0.6 is 0 Å². The molecule has 160 valence electrons. The minimum atomic E-state index is -0.591. The largest absolute Gasteiger partial charge is 0.364 e. The number of hydrogen-bond acceptors (Lipinski definition) is 4. The highest BCUT2D eigenvalue weighted by molar-refractivity contribution is 6.03. The molecule has 1 fully saturated rings. The van der Waals surface area contributed by atoms with Crippen molar-refractivity contribution < 1.29 is 9.59 Å².